The van der Waals surface area contributed by atoms with Crippen molar-refractivity contribution in [1.29, 1.82) is 0 Å². The topological polar surface area (TPSA) is 56.1 Å². The number of pyridine rings is 1. The summed E-state index contributed by atoms with van der Waals surface area (Å²) < 4.78 is 8.47. The molecule has 0 spiro atoms. The van der Waals surface area contributed by atoms with Crippen molar-refractivity contribution in [3.05, 3.63) is 126 Å². The van der Waals surface area contributed by atoms with Crippen LogP contribution in [0.15, 0.2) is 104 Å². The molecule has 2 aromatic heterocycles. The Kier molecular flexibility index (Phi) is 7.84. The third-order valence-corrected chi connectivity index (χ3v) is 6.98. The monoisotopic (exact) mass is 503 g/mol. The Morgan fingerprint density at radius 1 is 0.921 bits per heavy atom. The highest BCUT2D eigenvalue weighted by atomic mass is 16.5. The predicted molar refractivity (Wildman–Crippen MR) is 152 cm³/mol. The van der Waals surface area contributed by atoms with Crippen LogP contribution < -0.4 is 10.1 Å². The minimum Gasteiger partial charge on any atom is -0.457 e. The lowest BCUT2D eigenvalue weighted by Crippen LogP contribution is -2.25. The molecule has 0 bridgehead atoms. The molecular formula is C33H33N3O2. The Balaban J connectivity index is 1.52. The van der Waals surface area contributed by atoms with E-state index in [-0.39, 0.29) is 11.8 Å². The highest BCUT2D eigenvalue weighted by Crippen LogP contribution is 2.37. The van der Waals surface area contributed by atoms with Crippen molar-refractivity contribution in [3.63, 3.8) is 0 Å². The second-order valence-corrected chi connectivity index (χ2v) is 9.41. The number of carbonyl (C=O) groups is 1. The van der Waals surface area contributed by atoms with Crippen molar-refractivity contribution >= 4 is 16.8 Å². The van der Waals surface area contributed by atoms with E-state index in [1.807, 2.05) is 54.6 Å². The summed E-state index contributed by atoms with van der Waals surface area (Å²) in [6, 6.07) is 28.2. The highest BCUT2D eigenvalue weighted by Gasteiger charge is 2.24. The second-order valence-electron chi connectivity index (χ2n) is 9.41. The van der Waals surface area contributed by atoms with E-state index in [1.54, 1.807) is 12.4 Å². The molecule has 0 aliphatic rings. The summed E-state index contributed by atoms with van der Waals surface area (Å²) in [5.41, 5.74) is 5.81. The van der Waals surface area contributed by atoms with Crippen LogP contribution in [0.3, 0.4) is 0 Å². The molecule has 0 aliphatic carbocycles. The van der Waals surface area contributed by atoms with Gasteiger partial charge in [0.1, 0.15) is 11.5 Å². The maximum atomic E-state index is 13.3. The maximum Gasteiger partial charge on any atom is 0.221 e. The summed E-state index contributed by atoms with van der Waals surface area (Å²) in [5, 5.41) is 4.31. The molecule has 1 unspecified atom stereocenters. The van der Waals surface area contributed by atoms with Crippen LogP contribution in [0.1, 0.15) is 48.4 Å². The number of aromatic nitrogens is 2. The Labute approximate surface area is 224 Å². The van der Waals surface area contributed by atoms with E-state index in [0.29, 0.717) is 13.0 Å². The van der Waals surface area contributed by atoms with Crippen molar-refractivity contribution in [2.45, 2.75) is 45.7 Å². The van der Waals surface area contributed by atoms with Crippen LogP contribution in [0.2, 0.25) is 0 Å². The third kappa shape index (κ3) is 5.62. The van der Waals surface area contributed by atoms with Gasteiger partial charge in [-0.25, -0.2) is 0 Å². The fraction of sp³-hybridized carbons (Fsp3) is 0.212. The molecule has 5 aromatic rings. The number of fused-ring (bicyclic) bond motifs is 1. The summed E-state index contributed by atoms with van der Waals surface area (Å²) >= 11 is 0. The van der Waals surface area contributed by atoms with Crippen LogP contribution in [0, 0.1) is 0 Å². The van der Waals surface area contributed by atoms with E-state index in [0.717, 1.165) is 41.2 Å². The largest absolute Gasteiger partial charge is 0.457 e. The van der Waals surface area contributed by atoms with E-state index < -0.39 is 0 Å². The van der Waals surface area contributed by atoms with Gasteiger partial charge in [-0.3, -0.25) is 9.78 Å². The smallest absolute Gasteiger partial charge is 0.221 e. The molecule has 5 nitrogen and oxygen atoms in total. The fourth-order valence-corrected chi connectivity index (χ4v) is 5.06. The number of hydrogen-bond donors (Lipinski definition) is 1. The molecule has 5 rings (SSSR count). The van der Waals surface area contributed by atoms with Gasteiger partial charge in [-0.2, -0.15) is 0 Å². The molecule has 0 radical (unpaired) electrons. The number of rotatable bonds is 10. The molecule has 2 heterocycles. The van der Waals surface area contributed by atoms with Gasteiger partial charge in [0.25, 0.3) is 0 Å². The number of ether oxygens (including phenoxy) is 1. The first-order chi connectivity index (χ1) is 18.7. The zero-order valence-corrected chi connectivity index (χ0v) is 21.9. The average Bonchev–Trinajstić information content (AvgIpc) is 3.35. The molecule has 5 heteroatoms. The predicted octanol–water partition coefficient (Wildman–Crippen LogP) is 7.25. The van der Waals surface area contributed by atoms with Crippen molar-refractivity contribution in [2.24, 2.45) is 0 Å². The summed E-state index contributed by atoms with van der Waals surface area (Å²) in [6.45, 7) is 5.70. The number of nitrogens with zero attached hydrogens (tertiary/aromatic N) is 2. The number of para-hydroxylation sites is 2. The molecular weight excluding hydrogens is 470 g/mol. The molecule has 0 saturated heterocycles. The van der Waals surface area contributed by atoms with Crippen molar-refractivity contribution in [3.8, 4) is 11.5 Å². The first kappa shape index (κ1) is 25.3. The number of carbonyl (C=O) groups excluding carboxylic acids is 1. The third-order valence-electron chi connectivity index (χ3n) is 6.98. The summed E-state index contributed by atoms with van der Waals surface area (Å²) in [7, 11) is 0. The molecule has 3 aromatic carbocycles. The van der Waals surface area contributed by atoms with Crippen LogP contribution >= 0.6 is 0 Å². The van der Waals surface area contributed by atoms with Gasteiger partial charge in [-0.05, 0) is 72.0 Å². The quantitative estimate of drug-likeness (QED) is 0.218. The number of amides is 1. The average molecular weight is 504 g/mol. The van der Waals surface area contributed by atoms with Crippen LogP contribution in [-0.4, -0.2) is 15.5 Å². The van der Waals surface area contributed by atoms with Gasteiger partial charge in [-0.1, -0.05) is 55.5 Å². The Hall–Kier alpha value is -4.38. The standard InChI is InChI=1S/C33H33N3O2/c1-3-25-10-9-15-29-31(23-36(4-2)33(25)29)30(21-32(37)35-22-24-16-18-34-19-17-24)26-11-8-14-28(20-26)38-27-12-6-5-7-13-27/h5-20,23,30H,3-4,21-22H2,1-2H3,(H,35,37). The summed E-state index contributed by atoms with van der Waals surface area (Å²) in [6.07, 6.45) is 7.01. The van der Waals surface area contributed by atoms with Crippen molar-refractivity contribution < 1.29 is 9.53 Å². The summed E-state index contributed by atoms with van der Waals surface area (Å²) in [4.78, 5) is 17.4. The van der Waals surface area contributed by atoms with Gasteiger partial charge in [-0.15, -0.1) is 0 Å². The SMILES string of the molecule is CCc1cccc2c(C(CC(=O)NCc3ccncc3)c3cccc(Oc4ccccc4)c3)cn(CC)c12. The van der Waals surface area contributed by atoms with E-state index >= 15 is 0 Å². The van der Waals surface area contributed by atoms with Gasteiger partial charge in [0, 0.05) is 49.4 Å². The van der Waals surface area contributed by atoms with E-state index in [9.17, 15) is 4.79 Å². The first-order valence-corrected chi connectivity index (χ1v) is 13.2. The van der Waals surface area contributed by atoms with E-state index in [1.165, 1.54) is 16.5 Å². The highest BCUT2D eigenvalue weighted by molar-refractivity contribution is 5.89. The molecule has 38 heavy (non-hydrogen) atoms. The van der Waals surface area contributed by atoms with Gasteiger partial charge < -0.3 is 14.6 Å². The Morgan fingerprint density at radius 3 is 2.45 bits per heavy atom. The minimum atomic E-state index is -0.130. The van der Waals surface area contributed by atoms with Crippen LogP contribution in [0.4, 0.5) is 0 Å². The van der Waals surface area contributed by atoms with Gasteiger partial charge in [0.15, 0.2) is 0 Å². The normalized spacial score (nSPS) is 11.8. The lowest BCUT2D eigenvalue weighted by Gasteiger charge is -2.18. The van der Waals surface area contributed by atoms with E-state index in [2.05, 4.69) is 65.2 Å². The number of hydrogen-bond acceptors (Lipinski definition) is 3. The van der Waals surface area contributed by atoms with Gasteiger partial charge >= 0.3 is 0 Å². The minimum absolute atomic E-state index is 0.00485. The maximum absolute atomic E-state index is 13.3. The second kappa shape index (κ2) is 11.8. The lowest BCUT2D eigenvalue weighted by atomic mass is 9.87. The van der Waals surface area contributed by atoms with Crippen LogP contribution in [0.5, 0.6) is 11.5 Å². The Bertz CT molecular complexity index is 1510. The van der Waals surface area contributed by atoms with Crippen LogP contribution in [-0.2, 0) is 24.3 Å². The Morgan fingerprint density at radius 2 is 1.68 bits per heavy atom. The molecule has 0 saturated carbocycles. The van der Waals surface area contributed by atoms with E-state index in [4.69, 9.17) is 4.74 Å². The van der Waals surface area contributed by atoms with Crippen LogP contribution in [0.25, 0.3) is 10.9 Å². The fourth-order valence-electron chi connectivity index (χ4n) is 5.06. The molecule has 1 atom stereocenters. The molecule has 1 amide bonds. The molecule has 0 fully saturated rings. The lowest BCUT2D eigenvalue weighted by molar-refractivity contribution is -0.121. The molecule has 1 N–H and O–H groups in total. The number of benzene rings is 3. The summed E-state index contributed by atoms with van der Waals surface area (Å²) in [5.74, 6) is 1.41. The van der Waals surface area contributed by atoms with Crippen molar-refractivity contribution in [1.82, 2.24) is 14.9 Å². The molecule has 0 aliphatic heterocycles. The first-order valence-electron chi connectivity index (χ1n) is 13.2. The van der Waals surface area contributed by atoms with Gasteiger partial charge in [0.05, 0.1) is 5.52 Å². The molecule has 192 valence electrons. The zero-order valence-electron chi connectivity index (χ0n) is 21.9. The number of aryl methyl sites for hydroxylation is 2. The van der Waals surface area contributed by atoms with Crippen molar-refractivity contribution in [2.75, 3.05) is 0 Å². The van der Waals surface area contributed by atoms with Gasteiger partial charge in [0.2, 0.25) is 5.91 Å². The zero-order chi connectivity index (χ0) is 26.3. The number of nitrogens with one attached hydrogen (secondary N) is 1.